The summed E-state index contributed by atoms with van der Waals surface area (Å²) < 4.78 is 0. The van der Waals surface area contributed by atoms with Gasteiger partial charge >= 0.3 is 0 Å². The maximum absolute atomic E-state index is 11.7. The Kier molecular flexibility index (Phi) is 4.92. The topological polar surface area (TPSA) is 41.1 Å². The third-order valence-electron chi connectivity index (χ3n) is 4.24. The highest BCUT2D eigenvalue weighted by Crippen LogP contribution is 2.39. The van der Waals surface area contributed by atoms with Crippen LogP contribution in [-0.2, 0) is 0 Å². The van der Waals surface area contributed by atoms with Crippen molar-refractivity contribution in [3.05, 3.63) is 29.8 Å². The van der Waals surface area contributed by atoms with E-state index in [9.17, 15) is 4.79 Å². The van der Waals surface area contributed by atoms with Gasteiger partial charge in [0.1, 0.15) is 0 Å². The number of rotatable bonds is 4. The first-order valence-corrected chi connectivity index (χ1v) is 8.04. The highest BCUT2D eigenvalue weighted by molar-refractivity contribution is 5.94. The lowest BCUT2D eigenvalue weighted by Gasteiger charge is -2.39. The maximum Gasteiger partial charge on any atom is 0.251 e. The predicted octanol–water partition coefficient (Wildman–Crippen LogP) is 4.06. The molecule has 1 aliphatic rings. The van der Waals surface area contributed by atoms with E-state index in [-0.39, 0.29) is 5.91 Å². The summed E-state index contributed by atoms with van der Waals surface area (Å²) >= 11 is 0. The van der Waals surface area contributed by atoms with E-state index in [0.29, 0.717) is 18.0 Å². The predicted molar refractivity (Wildman–Crippen MR) is 88.7 cm³/mol. The number of hydrogen-bond donors (Lipinski definition) is 2. The average Bonchev–Trinajstić information content (AvgIpc) is 2.37. The molecule has 2 rings (SSSR count). The maximum atomic E-state index is 11.7. The molecular formula is C18H28N2O. The van der Waals surface area contributed by atoms with Gasteiger partial charge in [-0.25, -0.2) is 0 Å². The van der Waals surface area contributed by atoms with E-state index in [0.717, 1.165) is 17.2 Å². The number of carbonyl (C=O) groups excluding carboxylic acids is 1. The second-order valence-corrected chi connectivity index (χ2v) is 7.19. The fraction of sp³-hybridized carbons (Fsp3) is 0.611. The van der Waals surface area contributed by atoms with Crippen molar-refractivity contribution in [2.24, 2.45) is 11.3 Å². The van der Waals surface area contributed by atoms with Gasteiger partial charge in [-0.1, -0.05) is 20.8 Å². The molecule has 1 aromatic carbocycles. The van der Waals surface area contributed by atoms with Crippen LogP contribution in [0.4, 0.5) is 5.69 Å². The third-order valence-corrected chi connectivity index (χ3v) is 4.24. The van der Waals surface area contributed by atoms with Crippen LogP contribution < -0.4 is 10.6 Å². The lowest BCUT2D eigenvalue weighted by molar-refractivity contribution is 0.0956. The van der Waals surface area contributed by atoms with Crippen LogP contribution in [0.3, 0.4) is 0 Å². The monoisotopic (exact) mass is 288 g/mol. The van der Waals surface area contributed by atoms with Crippen LogP contribution in [0.25, 0.3) is 0 Å². The van der Waals surface area contributed by atoms with Crippen molar-refractivity contribution >= 4 is 11.6 Å². The molecule has 0 heterocycles. The van der Waals surface area contributed by atoms with E-state index in [1.54, 1.807) is 0 Å². The van der Waals surface area contributed by atoms with Gasteiger partial charge in [0.25, 0.3) is 5.91 Å². The highest BCUT2D eigenvalue weighted by atomic mass is 16.1. The Balaban J connectivity index is 1.98. The largest absolute Gasteiger partial charge is 0.382 e. The van der Waals surface area contributed by atoms with Gasteiger partial charge < -0.3 is 10.6 Å². The Morgan fingerprint density at radius 3 is 2.48 bits per heavy atom. The molecule has 0 spiro atoms. The summed E-state index contributed by atoms with van der Waals surface area (Å²) in [5.74, 6) is 0.761. The zero-order valence-corrected chi connectivity index (χ0v) is 13.7. The summed E-state index contributed by atoms with van der Waals surface area (Å²) in [5, 5.41) is 6.45. The minimum Gasteiger partial charge on any atom is -0.382 e. The molecule has 1 saturated carbocycles. The molecule has 1 aromatic rings. The lowest BCUT2D eigenvalue weighted by Crippen LogP contribution is -2.35. The van der Waals surface area contributed by atoms with Crippen molar-refractivity contribution in [3.63, 3.8) is 0 Å². The second-order valence-electron chi connectivity index (χ2n) is 7.19. The first kappa shape index (κ1) is 15.9. The summed E-state index contributed by atoms with van der Waals surface area (Å²) in [6.45, 7) is 9.65. The zero-order chi connectivity index (χ0) is 15.5. The van der Waals surface area contributed by atoms with Crippen molar-refractivity contribution in [2.45, 2.75) is 53.0 Å². The first-order chi connectivity index (χ1) is 9.89. The third kappa shape index (κ3) is 4.48. The van der Waals surface area contributed by atoms with Gasteiger partial charge in [-0.05, 0) is 61.8 Å². The smallest absolute Gasteiger partial charge is 0.251 e. The standard InChI is InChI=1S/C18H28N2O/c1-5-19-17(21)14-6-8-15(9-7-14)20-16-10-13(2)11-18(3,4)12-16/h6-9,13,16,20H,5,10-12H2,1-4H3,(H,19,21). The number of nitrogens with one attached hydrogen (secondary N) is 2. The Bertz CT molecular complexity index is 478. The number of carbonyl (C=O) groups is 1. The molecule has 21 heavy (non-hydrogen) atoms. The Labute approximate surface area is 128 Å². The van der Waals surface area contributed by atoms with Crippen molar-refractivity contribution < 1.29 is 4.79 Å². The van der Waals surface area contributed by atoms with E-state index < -0.39 is 0 Å². The summed E-state index contributed by atoms with van der Waals surface area (Å²) in [6, 6.07) is 8.34. The van der Waals surface area contributed by atoms with Crippen LogP contribution in [-0.4, -0.2) is 18.5 Å². The van der Waals surface area contributed by atoms with Crippen molar-refractivity contribution in [2.75, 3.05) is 11.9 Å². The van der Waals surface area contributed by atoms with Crippen molar-refractivity contribution in [3.8, 4) is 0 Å². The zero-order valence-electron chi connectivity index (χ0n) is 13.7. The molecule has 0 saturated heterocycles. The summed E-state index contributed by atoms with van der Waals surface area (Å²) in [7, 11) is 0. The van der Waals surface area contributed by atoms with Crippen LogP contribution in [0, 0.1) is 11.3 Å². The molecule has 116 valence electrons. The first-order valence-electron chi connectivity index (χ1n) is 8.04. The molecule has 3 heteroatoms. The lowest BCUT2D eigenvalue weighted by atomic mass is 9.70. The molecule has 0 aliphatic heterocycles. The average molecular weight is 288 g/mol. The Hall–Kier alpha value is -1.51. The summed E-state index contributed by atoms with van der Waals surface area (Å²) in [5.41, 5.74) is 2.24. The SMILES string of the molecule is CCNC(=O)c1ccc(NC2CC(C)CC(C)(C)C2)cc1. The van der Waals surface area contributed by atoms with E-state index >= 15 is 0 Å². The molecule has 0 radical (unpaired) electrons. The number of benzene rings is 1. The quantitative estimate of drug-likeness (QED) is 0.877. The minimum atomic E-state index is -0.00327. The van der Waals surface area contributed by atoms with Crippen LogP contribution in [0.15, 0.2) is 24.3 Å². The van der Waals surface area contributed by atoms with Gasteiger partial charge in [-0.2, -0.15) is 0 Å². The normalized spacial score (nSPS) is 24.4. The molecular weight excluding hydrogens is 260 g/mol. The Morgan fingerprint density at radius 2 is 1.90 bits per heavy atom. The molecule has 2 unspecified atom stereocenters. The van der Waals surface area contributed by atoms with Gasteiger partial charge in [-0.3, -0.25) is 4.79 Å². The fourth-order valence-electron chi connectivity index (χ4n) is 3.67. The van der Waals surface area contributed by atoms with Crippen molar-refractivity contribution in [1.82, 2.24) is 5.32 Å². The van der Waals surface area contributed by atoms with Gasteiger partial charge in [0.2, 0.25) is 0 Å². The molecule has 1 fully saturated rings. The fourth-order valence-corrected chi connectivity index (χ4v) is 3.67. The Morgan fingerprint density at radius 1 is 1.24 bits per heavy atom. The van der Waals surface area contributed by atoms with Crippen LogP contribution in [0.1, 0.15) is 57.3 Å². The number of anilines is 1. The van der Waals surface area contributed by atoms with Crippen LogP contribution in [0.2, 0.25) is 0 Å². The van der Waals surface area contributed by atoms with Gasteiger partial charge in [0.05, 0.1) is 0 Å². The summed E-state index contributed by atoms with van der Waals surface area (Å²) in [4.78, 5) is 11.7. The molecule has 2 N–H and O–H groups in total. The molecule has 0 aromatic heterocycles. The van der Waals surface area contributed by atoms with Crippen molar-refractivity contribution in [1.29, 1.82) is 0 Å². The van der Waals surface area contributed by atoms with Gasteiger partial charge in [-0.15, -0.1) is 0 Å². The minimum absolute atomic E-state index is 0.00327. The van der Waals surface area contributed by atoms with E-state index in [1.165, 1.54) is 19.3 Å². The molecule has 0 bridgehead atoms. The summed E-state index contributed by atoms with van der Waals surface area (Å²) in [6.07, 6.45) is 3.73. The number of amides is 1. The molecule has 1 aliphatic carbocycles. The van der Waals surface area contributed by atoms with Gasteiger partial charge in [0, 0.05) is 23.8 Å². The van der Waals surface area contributed by atoms with Gasteiger partial charge in [0.15, 0.2) is 0 Å². The number of hydrogen-bond acceptors (Lipinski definition) is 2. The second kappa shape index (κ2) is 6.50. The van der Waals surface area contributed by atoms with Crippen LogP contribution >= 0.6 is 0 Å². The van der Waals surface area contributed by atoms with E-state index in [4.69, 9.17) is 0 Å². The van der Waals surface area contributed by atoms with E-state index in [1.807, 2.05) is 31.2 Å². The molecule has 2 atom stereocenters. The molecule has 1 amide bonds. The highest BCUT2D eigenvalue weighted by Gasteiger charge is 2.31. The van der Waals surface area contributed by atoms with Crippen LogP contribution in [0.5, 0.6) is 0 Å². The molecule has 3 nitrogen and oxygen atoms in total. The van der Waals surface area contributed by atoms with E-state index in [2.05, 4.69) is 31.4 Å².